The molecule has 2 aliphatic heterocycles. The predicted octanol–water partition coefficient (Wildman–Crippen LogP) is 2.80. The number of aliphatic hydroxyl groups is 1. The highest BCUT2D eigenvalue weighted by molar-refractivity contribution is 6.31. The summed E-state index contributed by atoms with van der Waals surface area (Å²) < 4.78 is 5.60. The number of ketones is 1. The van der Waals surface area contributed by atoms with Gasteiger partial charge in [-0.1, -0.05) is 29.8 Å². The first-order chi connectivity index (χ1) is 11.0. The number of hydrogen-bond donors (Lipinski definition) is 1. The largest absolute Gasteiger partial charge is 0.503 e. The smallest absolute Gasteiger partial charge is 0.290 e. The van der Waals surface area contributed by atoms with E-state index >= 15 is 0 Å². The summed E-state index contributed by atoms with van der Waals surface area (Å²) in [5.41, 5.74) is 0.732. The zero-order valence-corrected chi connectivity index (χ0v) is 13.5. The van der Waals surface area contributed by atoms with Crippen LogP contribution in [0.4, 0.5) is 0 Å². The number of carbonyl (C=O) groups excluding carboxylic acids is 2. The molecule has 0 radical (unpaired) electrons. The Morgan fingerprint density at radius 3 is 2.78 bits per heavy atom. The summed E-state index contributed by atoms with van der Waals surface area (Å²) in [4.78, 5) is 26.0. The summed E-state index contributed by atoms with van der Waals surface area (Å²) in [6, 6.07) is 6.38. The summed E-state index contributed by atoms with van der Waals surface area (Å²) in [5, 5.41) is 10.6. The first kappa shape index (κ1) is 16.0. The highest BCUT2D eigenvalue weighted by Crippen LogP contribution is 2.40. The van der Waals surface area contributed by atoms with Crippen LogP contribution in [0, 0.1) is 0 Å². The number of nitrogens with zero attached hydrogens (tertiary/aromatic N) is 1. The molecule has 0 unspecified atom stereocenters. The molecule has 1 aromatic rings. The third kappa shape index (κ3) is 2.86. The van der Waals surface area contributed by atoms with E-state index in [0.29, 0.717) is 23.7 Å². The van der Waals surface area contributed by atoms with Crippen molar-refractivity contribution in [3.8, 4) is 0 Å². The minimum absolute atomic E-state index is 0.0805. The first-order valence-corrected chi connectivity index (χ1v) is 7.99. The van der Waals surface area contributed by atoms with Crippen LogP contribution in [-0.2, 0) is 14.3 Å². The van der Waals surface area contributed by atoms with Crippen LogP contribution in [0.15, 0.2) is 35.6 Å². The Balaban J connectivity index is 2.02. The van der Waals surface area contributed by atoms with E-state index in [1.165, 1.54) is 11.8 Å². The van der Waals surface area contributed by atoms with Gasteiger partial charge < -0.3 is 14.7 Å². The zero-order valence-electron chi connectivity index (χ0n) is 12.8. The molecule has 0 bridgehead atoms. The predicted molar refractivity (Wildman–Crippen MR) is 85.2 cm³/mol. The summed E-state index contributed by atoms with van der Waals surface area (Å²) in [7, 11) is 0. The minimum Gasteiger partial charge on any atom is -0.503 e. The third-order valence-electron chi connectivity index (χ3n) is 4.31. The van der Waals surface area contributed by atoms with Crippen molar-refractivity contribution in [3.05, 3.63) is 46.2 Å². The van der Waals surface area contributed by atoms with Crippen LogP contribution in [-0.4, -0.2) is 41.0 Å². The molecule has 1 saturated heterocycles. The van der Waals surface area contributed by atoms with Crippen molar-refractivity contribution in [1.82, 2.24) is 4.90 Å². The van der Waals surface area contributed by atoms with Gasteiger partial charge in [-0.15, -0.1) is 0 Å². The molecule has 0 spiro atoms. The normalized spacial score (nSPS) is 24.6. The van der Waals surface area contributed by atoms with Gasteiger partial charge in [0.25, 0.3) is 5.91 Å². The summed E-state index contributed by atoms with van der Waals surface area (Å²) in [6.07, 6.45) is 1.72. The van der Waals surface area contributed by atoms with E-state index < -0.39 is 17.7 Å². The lowest BCUT2D eigenvalue weighted by Crippen LogP contribution is -2.37. The van der Waals surface area contributed by atoms with Crippen molar-refractivity contribution in [2.45, 2.75) is 31.9 Å². The topological polar surface area (TPSA) is 66.8 Å². The number of carbonyl (C=O) groups is 2. The van der Waals surface area contributed by atoms with Crippen molar-refractivity contribution >= 4 is 23.3 Å². The monoisotopic (exact) mass is 335 g/mol. The van der Waals surface area contributed by atoms with E-state index in [1.54, 1.807) is 24.3 Å². The minimum atomic E-state index is -0.669. The second-order valence-corrected chi connectivity index (χ2v) is 6.24. The fraction of sp³-hybridized carbons (Fsp3) is 0.412. The molecule has 2 heterocycles. The maximum Gasteiger partial charge on any atom is 0.290 e. The van der Waals surface area contributed by atoms with Crippen LogP contribution in [0.2, 0.25) is 5.02 Å². The number of Topliss-reactive ketones (excluding diaryl/α,β-unsaturated/α-hetero) is 1. The van der Waals surface area contributed by atoms with E-state index in [9.17, 15) is 14.7 Å². The molecule has 0 saturated carbocycles. The molecule has 23 heavy (non-hydrogen) atoms. The Hall–Kier alpha value is -1.85. The quantitative estimate of drug-likeness (QED) is 0.918. The van der Waals surface area contributed by atoms with Crippen LogP contribution >= 0.6 is 11.6 Å². The molecule has 3 rings (SSSR count). The number of hydrogen-bond acceptors (Lipinski definition) is 4. The molecule has 6 heteroatoms. The molecule has 122 valence electrons. The lowest BCUT2D eigenvalue weighted by atomic mass is 9.96. The van der Waals surface area contributed by atoms with Gasteiger partial charge >= 0.3 is 0 Å². The zero-order chi connectivity index (χ0) is 16.6. The average Bonchev–Trinajstić information content (AvgIpc) is 3.10. The van der Waals surface area contributed by atoms with Crippen molar-refractivity contribution in [3.63, 3.8) is 0 Å². The van der Waals surface area contributed by atoms with Gasteiger partial charge in [-0.2, -0.15) is 0 Å². The van der Waals surface area contributed by atoms with Gasteiger partial charge in [-0.3, -0.25) is 9.59 Å². The number of halogens is 1. The number of ether oxygens (including phenoxy) is 1. The fourth-order valence-electron chi connectivity index (χ4n) is 3.23. The molecule has 2 atom stereocenters. The van der Waals surface area contributed by atoms with Crippen molar-refractivity contribution in [1.29, 1.82) is 0 Å². The second kappa shape index (κ2) is 6.34. The molecule has 1 amide bonds. The Kier molecular flexibility index (Phi) is 4.41. The molecule has 2 aliphatic rings. The fourth-order valence-corrected chi connectivity index (χ4v) is 3.47. The van der Waals surface area contributed by atoms with Crippen molar-refractivity contribution in [2.75, 3.05) is 13.2 Å². The molecule has 1 N–H and O–H groups in total. The van der Waals surface area contributed by atoms with Gasteiger partial charge in [-0.25, -0.2) is 0 Å². The Morgan fingerprint density at radius 2 is 2.17 bits per heavy atom. The van der Waals surface area contributed by atoms with Gasteiger partial charge in [0.1, 0.15) is 0 Å². The summed E-state index contributed by atoms with van der Waals surface area (Å²) >= 11 is 6.27. The van der Waals surface area contributed by atoms with Gasteiger partial charge in [0.05, 0.1) is 17.7 Å². The highest BCUT2D eigenvalue weighted by Gasteiger charge is 2.44. The SMILES string of the molecule is CC(=O)C1=C(O)C(=O)N(C[C@H]2CCCO2)[C@H]1c1ccccc1Cl. The molecule has 5 nitrogen and oxygen atoms in total. The number of amides is 1. The van der Waals surface area contributed by atoms with Gasteiger partial charge in [0, 0.05) is 18.2 Å². The van der Waals surface area contributed by atoms with Crippen molar-refractivity contribution < 1.29 is 19.4 Å². The van der Waals surface area contributed by atoms with Gasteiger partial charge in [0.15, 0.2) is 11.5 Å². The van der Waals surface area contributed by atoms with Crippen LogP contribution in [0.25, 0.3) is 0 Å². The van der Waals surface area contributed by atoms with E-state index in [4.69, 9.17) is 16.3 Å². The second-order valence-electron chi connectivity index (χ2n) is 5.84. The molecule has 0 aliphatic carbocycles. The number of rotatable bonds is 4. The summed E-state index contributed by atoms with van der Waals surface area (Å²) in [6.45, 7) is 2.34. The highest BCUT2D eigenvalue weighted by atomic mass is 35.5. The molecule has 0 aromatic heterocycles. The molecule has 1 fully saturated rings. The van der Waals surface area contributed by atoms with Gasteiger partial charge in [0.2, 0.25) is 0 Å². The molecule has 1 aromatic carbocycles. The number of aliphatic hydroxyl groups excluding tert-OH is 1. The van der Waals surface area contributed by atoms with Crippen LogP contribution in [0.5, 0.6) is 0 Å². The van der Waals surface area contributed by atoms with Crippen LogP contribution in [0.1, 0.15) is 31.4 Å². The Bertz CT molecular complexity index is 679. The Labute approximate surface area is 139 Å². The lowest BCUT2D eigenvalue weighted by Gasteiger charge is -2.29. The first-order valence-electron chi connectivity index (χ1n) is 7.61. The third-order valence-corrected chi connectivity index (χ3v) is 4.65. The van der Waals surface area contributed by atoms with Crippen LogP contribution < -0.4 is 0 Å². The van der Waals surface area contributed by atoms with E-state index in [1.807, 2.05) is 0 Å². The maximum atomic E-state index is 12.5. The Morgan fingerprint density at radius 1 is 1.43 bits per heavy atom. The maximum absolute atomic E-state index is 12.5. The summed E-state index contributed by atoms with van der Waals surface area (Å²) in [5.74, 6) is -1.37. The van der Waals surface area contributed by atoms with E-state index in [0.717, 1.165) is 12.8 Å². The number of benzene rings is 1. The van der Waals surface area contributed by atoms with E-state index in [-0.39, 0.29) is 17.5 Å². The van der Waals surface area contributed by atoms with Gasteiger partial charge in [-0.05, 0) is 31.4 Å². The van der Waals surface area contributed by atoms with Crippen LogP contribution in [0.3, 0.4) is 0 Å². The molecular formula is C17H18ClNO4. The molecular weight excluding hydrogens is 318 g/mol. The standard InChI is InChI=1S/C17H18ClNO4/c1-10(20)14-15(12-6-2-3-7-13(12)18)19(17(22)16(14)21)9-11-5-4-8-23-11/h2-3,6-7,11,15,21H,4-5,8-9H2,1H3/t11-,15+/m1/s1. The van der Waals surface area contributed by atoms with Crippen molar-refractivity contribution in [2.24, 2.45) is 0 Å². The average molecular weight is 336 g/mol. The van der Waals surface area contributed by atoms with E-state index in [2.05, 4.69) is 0 Å². The lowest BCUT2D eigenvalue weighted by molar-refractivity contribution is -0.131.